The number of ether oxygens (including phenoxy) is 1. The standard InChI is InChI=1S/C26H21NO5S/c1-33-26-20(14-18-10-5-6-11-19(18)17-8-3-2-4-9-17)27-13-7-12-22(32-16-23(30)31)25(27)24(26)21(29)15-28/h2-13,15H,14,16H2,1H3,(H,30,31). The highest BCUT2D eigenvalue weighted by Gasteiger charge is 2.26. The number of aromatic nitrogens is 1. The highest BCUT2D eigenvalue weighted by Crippen LogP contribution is 2.38. The number of carboxylic acids is 1. The van der Waals surface area contributed by atoms with E-state index < -0.39 is 18.4 Å². The smallest absolute Gasteiger partial charge is 0.341 e. The van der Waals surface area contributed by atoms with E-state index in [4.69, 9.17) is 9.84 Å². The zero-order valence-corrected chi connectivity index (χ0v) is 18.7. The molecule has 0 fully saturated rings. The van der Waals surface area contributed by atoms with Crippen LogP contribution in [0.25, 0.3) is 16.6 Å². The van der Waals surface area contributed by atoms with Gasteiger partial charge in [0.2, 0.25) is 5.78 Å². The van der Waals surface area contributed by atoms with Crippen molar-refractivity contribution in [3.63, 3.8) is 0 Å². The molecule has 7 heteroatoms. The van der Waals surface area contributed by atoms with Crippen LogP contribution in [0.4, 0.5) is 0 Å². The highest BCUT2D eigenvalue weighted by molar-refractivity contribution is 7.98. The normalized spacial score (nSPS) is 10.8. The predicted octanol–water partition coefficient (Wildman–Crippen LogP) is 4.76. The van der Waals surface area contributed by atoms with Crippen molar-refractivity contribution in [2.45, 2.75) is 11.3 Å². The first-order chi connectivity index (χ1) is 16.0. The van der Waals surface area contributed by atoms with E-state index in [0.29, 0.717) is 16.8 Å². The Balaban J connectivity index is 1.93. The molecule has 0 saturated heterocycles. The average Bonchev–Trinajstić information content (AvgIpc) is 3.17. The van der Waals surface area contributed by atoms with Crippen molar-refractivity contribution in [3.8, 4) is 16.9 Å². The molecule has 4 aromatic rings. The van der Waals surface area contributed by atoms with E-state index in [9.17, 15) is 14.4 Å². The van der Waals surface area contributed by atoms with E-state index in [2.05, 4.69) is 6.07 Å². The first-order valence-electron chi connectivity index (χ1n) is 10.2. The second-order valence-corrected chi connectivity index (χ2v) is 8.13. The number of fused-ring (bicyclic) bond motifs is 1. The Kier molecular flexibility index (Phi) is 6.60. The Morgan fingerprint density at radius 3 is 2.45 bits per heavy atom. The van der Waals surface area contributed by atoms with E-state index in [-0.39, 0.29) is 17.6 Å². The van der Waals surface area contributed by atoms with Gasteiger partial charge in [0, 0.05) is 23.2 Å². The number of hydrogen-bond acceptors (Lipinski definition) is 5. The number of ketones is 1. The van der Waals surface area contributed by atoms with Crippen LogP contribution >= 0.6 is 11.8 Å². The van der Waals surface area contributed by atoms with Crippen molar-refractivity contribution in [1.29, 1.82) is 0 Å². The maximum absolute atomic E-state index is 12.7. The summed E-state index contributed by atoms with van der Waals surface area (Å²) >= 11 is 1.37. The number of carbonyl (C=O) groups excluding carboxylic acids is 2. The molecule has 0 aliphatic heterocycles. The van der Waals surface area contributed by atoms with Gasteiger partial charge in [0.25, 0.3) is 0 Å². The lowest BCUT2D eigenvalue weighted by molar-refractivity contribution is -0.139. The predicted molar refractivity (Wildman–Crippen MR) is 127 cm³/mol. The Labute approximate surface area is 194 Å². The number of hydrogen-bond donors (Lipinski definition) is 1. The van der Waals surface area contributed by atoms with Crippen LogP contribution in [0.3, 0.4) is 0 Å². The number of benzene rings is 2. The lowest BCUT2D eigenvalue weighted by Crippen LogP contribution is -2.11. The fourth-order valence-corrected chi connectivity index (χ4v) is 4.81. The van der Waals surface area contributed by atoms with Crippen LogP contribution in [-0.4, -0.2) is 40.4 Å². The molecule has 0 saturated carbocycles. The largest absolute Gasteiger partial charge is 0.480 e. The fourth-order valence-electron chi connectivity index (χ4n) is 4.00. The number of rotatable bonds is 9. The molecule has 2 aromatic carbocycles. The molecular formula is C26H21NO5S. The summed E-state index contributed by atoms with van der Waals surface area (Å²) in [6.07, 6.45) is 4.42. The van der Waals surface area contributed by atoms with Gasteiger partial charge in [-0.2, -0.15) is 0 Å². The molecule has 2 aromatic heterocycles. The van der Waals surface area contributed by atoms with Crippen molar-refractivity contribution in [1.82, 2.24) is 4.40 Å². The monoisotopic (exact) mass is 459 g/mol. The Hall–Kier alpha value is -3.84. The van der Waals surface area contributed by atoms with Gasteiger partial charge in [-0.05, 0) is 35.1 Å². The molecule has 0 spiro atoms. The van der Waals surface area contributed by atoms with Crippen molar-refractivity contribution >= 4 is 35.3 Å². The summed E-state index contributed by atoms with van der Waals surface area (Å²) in [4.78, 5) is 35.9. The van der Waals surface area contributed by atoms with Crippen LogP contribution in [0, 0.1) is 0 Å². The first-order valence-corrected chi connectivity index (χ1v) is 11.4. The van der Waals surface area contributed by atoms with Gasteiger partial charge in [-0.15, -0.1) is 11.8 Å². The molecule has 0 radical (unpaired) electrons. The zero-order valence-electron chi connectivity index (χ0n) is 17.9. The van der Waals surface area contributed by atoms with Crippen LogP contribution in [0.2, 0.25) is 0 Å². The van der Waals surface area contributed by atoms with Crippen molar-refractivity contribution < 1.29 is 24.2 Å². The molecule has 2 heterocycles. The Bertz CT molecular complexity index is 1340. The van der Waals surface area contributed by atoms with Crippen LogP contribution in [0.15, 0.2) is 77.8 Å². The molecule has 0 aliphatic rings. The van der Waals surface area contributed by atoms with Crippen LogP contribution in [0.5, 0.6) is 5.75 Å². The van der Waals surface area contributed by atoms with E-state index in [1.54, 1.807) is 18.3 Å². The molecule has 0 unspecified atom stereocenters. The van der Waals surface area contributed by atoms with Gasteiger partial charge >= 0.3 is 5.97 Å². The lowest BCUT2D eigenvalue weighted by Gasteiger charge is -2.12. The summed E-state index contributed by atoms with van der Waals surface area (Å²) in [6.45, 7) is -0.555. The van der Waals surface area contributed by atoms with Gasteiger partial charge in [-0.3, -0.25) is 9.59 Å². The summed E-state index contributed by atoms with van der Waals surface area (Å²) in [7, 11) is 0. The van der Waals surface area contributed by atoms with Crippen molar-refractivity contribution in [2.75, 3.05) is 12.9 Å². The van der Waals surface area contributed by atoms with Gasteiger partial charge in [0.05, 0.1) is 5.56 Å². The van der Waals surface area contributed by atoms with Crippen LogP contribution in [0.1, 0.15) is 21.6 Å². The minimum absolute atomic E-state index is 0.227. The Morgan fingerprint density at radius 2 is 1.76 bits per heavy atom. The second kappa shape index (κ2) is 9.75. The quantitative estimate of drug-likeness (QED) is 0.168. The fraction of sp³-hybridized carbons (Fsp3) is 0.115. The molecule has 33 heavy (non-hydrogen) atoms. The summed E-state index contributed by atoms with van der Waals surface area (Å²) in [5.74, 6) is -1.57. The van der Waals surface area contributed by atoms with Gasteiger partial charge < -0.3 is 14.2 Å². The zero-order chi connectivity index (χ0) is 23.4. The minimum Gasteiger partial charge on any atom is -0.480 e. The highest BCUT2D eigenvalue weighted by atomic mass is 32.2. The Morgan fingerprint density at radius 1 is 1.03 bits per heavy atom. The number of aliphatic carboxylic acids is 1. The molecule has 166 valence electrons. The number of pyridine rings is 1. The first kappa shape index (κ1) is 22.4. The van der Waals surface area contributed by atoms with Crippen molar-refractivity contribution in [3.05, 3.63) is 89.7 Å². The molecule has 4 rings (SSSR count). The van der Waals surface area contributed by atoms with Crippen molar-refractivity contribution in [2.24, 2.45) is 0 Å². The van der Waals surface area contributed by atoms with Crippen LogP contribution in [-0.2, 0) is 16.0 Å². The molecular weight excluding hydrogens is 438 g/mol. The second-order valence-electron chi connectivity index (χ2n) is 7.31. The molecule has 0 atom stereocenters. The van der Waals surface area contributed by atoms with Gasteiger partial charge in [-0.1, -0.05) is 54.6 Å². The maximum atomic E-state index is 12.7. The third-order valence-electron chi connectivity index (χ3n) is 5.34. The molecule has 0 aliphatic carbocycles. The maximum Gasteiger partial charge on any atom is 0.341 e. The number of nitrogens with zero attached hydrogens (tertiary/aromatic N) is 1. The molecule has 0 bridgehead atoms. The molecule has 1 N–H and O–H groups in total. The summed E-state index contributed by atoms with van der Waals surface area (Å²) in [5.41, 5.74) is 4.65. The van der Waals surface area contributed by atoms with Crippen LogP contribution < -0.4 is 4.74 Å². The van der Waals surface area contributed by atoms with Gasteiger partial charge in [0.1, 0.15) is 11.3 Å². The van der Waals surface area contributed by atoms with Gasteiger partial charge in [-0.25, -0.2) is 4.79 Å². The summed E-state index contributed by atoms with van der Waals surface area (Å²) < 4.78 is 7.30. The summed E-state index contributed by atoms with van der Waals surface area (Å²) in [5, 5.41) is 9.05. The van der Waals surface area contributed by atoms with E-state index in [0.717, 1.165) is 22.4 Å². The van der Waals surface area contributed by atoms with E-state index >= 15 is 0 Å². The molecule has 6 nitrogen and oxygen atoms in total. The third kappa shape index (κ3) is 4.40. The van der Waals surface area contributed by atoms with E-state index in [1.165, 1.54) is 11.8 Å². The number of aldehydes is 1. The topological polar surface area (TPSA) is 85.1 Å². The van der Waals surface area contributed by atoms with E-state index in [1.807, 2.05) is 59.2 Å². The SMILES string of the molecule is CSc1c(C(=O)C=O)c2c(OCC(=O)O)cccn2c1Cc1ccccc1-c1ccccc1. The number of carbonyl (C=O) groups is 3. The number of thioether (sulfide) groups is 1. The van der Waals surface area contributed by atoms with Gasteiger partial charge in [0.15, 0.2) is 12.9 Å². The third-order valence-corrected chi connectivity index (χ3v) is 6.19. The molecule has 0 amide bonds. The number of carboxylic acid groups (broad SMARTS) is 1. The lowest BCUT2D eigenvalue weighted by atomic mass is 9.96. The minimum atomic E-state index is -1.13. The average molecular weight is 460 g/mol. The number of Topliss-reactive ketones (excluding diaryl/α,β-unsaturated/α-hetero) is 1. The summed E-state index contributed by atoms with van der Waals surface area (Å²) in [6, 6.07) is 21.4.